The van der Waals surface area contributed by atoms with Crippen LogP contribution in [0.5, 0.6) is 0 Å². The van der Waals surface area contributed by atoms with Gasteiger partial charge >= 0.3 is 0 Å². The van der Waals surface area contributed by atoms with Gasteiger partial charge in [0.15, 0.2) is 0 Å². The summed E-state index contributed by atoms with van der Waals surface area (Å²) in [4.78, 5) is 14.5. The Morgan fingerprint density at radius 1 is 1.28 bits per heavy atom. The van der Waals surface area contributed by atoms with Crippen LogP contribution < -0.4 is 16.4 Å². The number of hydrogen-bond donors (Lipinski definition) is 3. The van der Waals surface area contributed by atoms with E-state index < -0.39 is 0 Å². The van der Waals surface area contributed by atoms with Crippen LogP contribution in [0.1, 0.15) is 19.3 Å². The lowest BCUT2D eigenvalue weighted by Gasteiger charge is -2.30. The first-order chi connectivity index (χ1) is 11.1. The fourth-order valence-corrected chi connectivity index (χ4v) is 2.76. The van der Waals surface area contributed by atoms with Crippen molar-refractivity contribution in [3.05, 3.63) is 24.3 Å². The lowest BCUT2D eigenvalue weighted by molar-refractivity contribution is -0.118. The van der Waals surface area contributed by atoms with Gasteiger partial charge in [-0.3, -0.25) is 4.79 Å². The topological polar surface area (TPSA) is 79.6 Å². The van der Waals surface area contributed by atoms with Gasteiger partial charge in [0.25, 0.3) is 0 Å². The van der Waals surface area contributed by atoms with Gasteiger partial charge in [0.2, 0.25) is 5.91 Å². The van der Waals surface area contributed by atoms with Gasteiger partial charge in [-0.05, 0) is 45.1 Å². The molecule has 0 radical (unpaired) electrons. The second kappa shape index (κ2) is 12.3. The molecular formula is C17H30Cl2N4O2. The SMILES string of the molecule is COC(CN)CC(=O)Nc1ccccc1NC1CCN(C)CC1.Cl.Cl. The monoisotopic (exact) mass is 392 g/mol. The van der Waals surface area contributed by atoms with Crippen LogP contribution in [0.25, 0.3) is 0 Å². The van der Waals surface area contributed by atoms with E-state index in [1.165, 1.54) is 0 Å². The minimum absolute atomic E-state index is 0. The van der Waals surface area contributed by atoms with Crippen molar-refractivity contribution in [2.24, 2.45) is 5.73 Å². The predicted molar refractivity (Wildman–Crippen MR) is 108 cm³/mol. The zero-order valence-corrected chi connectivity index (χ0v) is 16.5. The molecule has 1 unspecified atom stereocenters. The van der Waals surface area contributed by atoms with Crippen LogP contribution in [0.4, 0.5) is 11.4 Å². The van der Waals surface area contributed by atoms with E-state index in [9.17, 15) is 4.79 Å². The average molecular weight is 393 g/mol. The molecule has 1 aliphatic rings. The molecule has 1 fully saturated rings. The Kier molecular flexibility index (Phi) is 11.8. The Balaban J connectivity index is 0.00000288. The number of methoxy groups -OCH3 is 1. The van der Waals surface area contributed by atoms with E-state index in [2.05, 4.69) is 22.6 Å². The third-order valence-corrected chi connectivity index (χ3v) is 4.29. The minimum Gasteiger partial charge on any atom is -0.381 e. The molecule has 2 rings (SSSR count). The maximum absolute atomic E-state index is 12.1. The number of hydrogen-bond acceptors (Lipinski definition) is 5. The fourth-order valence-electron chi connectivity index (χ4n) is 2.76. The Labute approximate surface area is 162 Å². The first kappa shape index (κ1) is 23.9. The molecule has 1 atom stereocenters. The number of rotatable bonds is 7. The average Bonchev–Trinajstić information content (AvgIpc) is 2.56. The summed E-state index contributed by atoms with van der Waals surface area (Å²) in [5.41, 5.74) is 7.35. The number of nitrogens with two attached hydrogens (primary N) is 1. The first-order valence-corrected chi connectivity index (χ1v) is 8.19. The second-order valence-electron chi connectivity index (χ2n) is 6.11. The third-order valence-electron chi connectivity index (χ3n) is 4.29. The highest BCUT2D eigenvalue weighted by atomic mass is 35.5. The molecule has 144 valence electrons. The standard InChI is InChI=1S/C17H28N4O2.2ClH/c1-21-9-7-13(8-10-21)19-15-5-3-4-6-16(15)20-17(22)11-14(12-18)23-2;;/h3-6,13-14,19H,7-12,18H2,1-2H3,(H,20,22);2*1H. The zero-order chi connectivity index (χ0) is 16.7. The largest absolute Gasteiger partial charge is 0.381 e. The maximum Gasteiger partial charge on any atom is 0.227 e. The van der Waals surface area contributed by atoms with Crippen LogP contribution >= 0.6 is 24.8 Å². The van der Waals surface area contributed by atoms with Crippen molar-refractivity contribution < 1.29 is 9.53 Å². The minimum atomic E-state index is -0.246. The Bertz CT molecular complexity index is 507. The van der Waals surface area contributed by atoms with Crippen LogP contribution in [-0.4, -0.2) is 56.7 Å². The molecule has 0 bridgehead atoms. The summed E-state index contributed by atoms with van der Waals surface area (Å²) < 4.78 is 5.16. The molecule has 0 aliphatic carbocycles. The molecule has 1 heterocycles. The number of ether oxygens (including phenoxy) is 1. The summed E-state index contributed by atoms with van der Waals surface area (Å²) in [7, 11) is 3.72. The van der Waals surface area contributed by atoms with Crippen molar-refractivity contribution in [1.82, 2.24) is 4.90 Å². The van der Waals surface area contributed by atoms with E-state index in [-0.39, 0.29) is 43.2 Å². The molecule has 1 aromatic carbocycles. The summed E-state index contributed by atoms with van der Waals surface area (Å²) in [5, 5.41) is 6.52. The molecule has 4 N–H and O–H groups in total. The number of carbonyl (C=O) groups is 1. The molecule has 8 heteroatoms. The van der Waals surface area contributed by atoms with Crippen LogP contribution in [-0.2, 0) is 9.53 Å². The quantitative estimate of drug-likeness (QED) is 0.663. The summed E-state index contributed by atoms with van der Waals surface area (Å²) in [6.07, 6.45) is 2.23. The van der Waals surface area contributed by atoms with Crippen LogP contribution in [0.3, 0.4) is 0 Å². The summed E-state index contributed by atoms with van der Waals surface area (Å²) >= 11 is 0. The van der Waals surface area contributed by atoms with Crippen LogP contribution in [0.15, 0.2) is 24.3 Å². The highest BCUT2D eigenvalue weighted by Gasteiger charge is 2.18. The fraction of sp³-hybridized carbons (Fsp3) is 0.588. The predicted octanol–water partition coefficient (Wildman–Crippen LogP) is 2.34. The van der Waals surface area contributed by atoms with E-state index >= 15 is 0 Å². The second-order valence-corrected chi connectivity index (χ2v) is 6.11. The van der Waals surface area contributed by atoms with Gasteiger partial charge in [-0.1, -0.05) is 12.1 Å². The number of nitrogens with zero attached hydrogens (tertiary/aromatic N) is 1. The van der Waals surface area contributed by atoms with E-state index in [1.54, 1.807) is 7.11 Å². The van der Waals surface area contributed by atoms with Crippen molar-refractivity contribution in [3.63, 3.8) is 0 Å². The number of anilines is 2. The maximum atomic E-state index is 12.1. The zero-order valence-electron chi connectivity index (χ0n) is 14.9. The van der Waals surface area contributed by atoms with E-state index in [4.69, 9.17) is 10.5 Å². The number of para-hydroxylation sites is 2. The molecule has 1 aromatic rings. The molecule has 6 nitrogen and oxygen atoms in total. The molecule has 0 spiro atoms. The molecule has 0 saturated carbocycles. The molecule has 0 aromatic heterocycles. The Morgan fingerprint density at radius 3 is 2.44 bits per heavy atom. The van der Waals surface area contributed by atoms with Gasteiger partial charge < -0.3 is 26.0 Å². The van der Waals surface area contributed by atoms with Gasteiger partial charge in [-0.25, -0.2) is 0 Å². The van der Waals surface area contributed by atoms with Crippen LogP contribution in [0.2, 0.25) is 0 Å². The molecule has 1 saturated heterocycles. The van der Waals surface area contributed by atoms with Crippen molar-refractivity contribution >= 4 is 42.1 Å². The van der Waals surface area contributed by atoms with Crippen molar-refractivity contribution in [3.8, 4) is 0 Å². The van der Waals surface area contributed by atoms with Crippen LogP contribution in [0, 0.1) is 0 Å². The Morgan fingerprint density at radius 2 is 1.88 bits per heavy atom. The van der Waals surface area contributed by atoms with Gasteiger partial charge in [-0.15, -0.1) is 24.8 Å². The molecule has 1 amide bonds. The highest BCUT2D eigenvalue weighted by molar-refractivity contribution is 5.94. The van der Waals surface area contributed by atoms with E-state index in [0.29, 0.717) is 12.6 Å². The molecule has 1 aliphatic heterocycles. The summed E-state index contributed by atoms with van der Waals surface area (Å²) in [5.74, 6) is -0.0834. The number of halogens is 2. The summed E-state index contributed by atoms with van der Waals surface area (Å²) in [6.45, 7) is 2.52. The van der Waals surface area contributed by atoms with Gasteiger partial charge in [-0.2, -0.15) is 0 Å². The van der Waals surface area contributed by atoms with Gasteiger partial charge in [0, 0.05) is 19.7 Å². The number of piperidine rings is 1. The lowest BCUT2D eigenvalue weighted by atomic mass is 10.0. The highest BCUT2D eigenvalue weighted by Crippen LogP contribution is 2.24. The number of likely N-dealkylation sites (tertiary alicyclic amines) is 1. The lowest BCUT2D eigenvalue weighted by Crippen LogP contribution is -2.36. The van der Waals surface area contributed by atoms with E-state index in [0.717, 1.165) is 37.3 Å². The number of nitrogens with one attached hydrogen (secondary N) is 2. The van der Waals surface area contributed by atoms with Crippen molar-refractivity contribution in [2.75, 3.05) is 44.4 Å². The normalized spacial score (nSPS) is 16.3. The molecular weight excluding hydrogens is 363 g/mol. The van der Waals surface area contributed by atoms with Crippen molar-refractivity contribution in [2.45, 2.75) is 31.4 Å². The smallest absolute Gasteiger partial charge is 0.227 e. The van der Waals surface area contributed by atoms with E-state index in [1.807, 2.05) is 24.3 Å². The number of benzene rings is 1. The molecule has 25 heavy (non-hydrogen) atoms. The first-order valence-electron chi connectivity index (χ1n) is 8.19. The van der Waals surface area contributed by atoms with Gasteiger partial charge in [0.05, 0.1) is 23.9 Å². The number of carbonyl (C=O) groups excluding carboxylic acids is 1. The third kappa shape index (κ3) is 7.79. The Hall–Kier alpha value is -1.05. The summed E-state index contributed by atoms with van der Waals surface area (Å²) in [6, 6.07) is 8.26. The number of amides is 1. The van der Waals surface area contributed by atoms with Gasteiger partial charge in [0.1, 0.15) is 0 Å². The van der Waals surface area contributed by atoms with Crippen molar-refractivity contribution in [1.29, 1.82) is 0 Å².